The second-order valence-corrected chi connectivity index (χ2v) is 4.48. The van der Waals surface area contributed by atoms with Gasteiger partial charge in [0.05, 0.1) is 19.7 Å². The Bertz CT molecular complexity index is 400. The summed E-state index contributed by atoms with van der Waals surface area (Å²) in [4.78, 5) is 39.7. The van der Waals surface area contributed by atoms with Gasteiger partial charge in [0.2, 0.25) is 5.91 Å². The van der Waals surface area contributed by atoms with Crippen molar-refractivity contribution in [2.24, 2.45) is 0 Å². The third kappa shape index (κ3) is 2.41. The number of ether oxygens (including phenoxy) is 1. The Morgan fingerprint density at radius 2 is 2.16 bits per heavy atom. The minimum atomic E-state index is -0.631. The molecule has 2 saturated heterocycles. The number of methoxy groups -OCH3 is 1. The van der Waals surface area contributed by atoms with Crippen LogP contribution in [0, 0.1) is 0 Å². The number of carbonyl (C=O) groups excluding carboxylic acids is 3. The fourth-order valence-electron chi connectivity index (χ4n) is 2.40. The van der Waals surface area contributed by atoms with Crippen molar-refractivity contribution in [1.82, 2.24) is 14.7 Å². The third-order valence-corrected chi connectivity index (χ3v) is 3.35. The highest BCUT2D eigenvalue weighted by Crippen LogP contribution is 2.21. The molecule has 0 aromatic heterocycles. The summed E-state index contributed by atoms with van der Waals surface area (Å²) >= 11 is 0. The summed E-state index contributed by atoms with van der Waals surface area (Å²) in [6.45, 7) is 0.613. The first kappa shape index (κ1) is 13.8. The Hall–Kier alpha value is -1.67. The van der Waals surface area contributed by atoms with Crippen molar-refractivity contribution in [3.05, 3.63) is 0 Å². The molecule has 0 aromatic rings. The van der Waals surface area contributed by atoms with Gasteiger partial charge in [-0.25, -0.2) is 4.79 Å². The average molecular weight is 271 g/mol. The smallest absolute Gasteiger partial charge is 0.327 e. The number of aliphatic hydroxyl groups is 1. The van der Waals surface area contributed by atoms with Gasteiger partial charge < -0.3 is 19.6 Å². The summed E-state index contributed by atoms with van der Waals surface area (Å²) < 4.78 is 4.78. The Kier molecular flexibility index (Phi) is 4.01. The van der Waals surface area contributed by atoms with E-state index in [1.165, 1.54) is 16.9 Å². The van der Waals surface area contributed by atoms with Crippen LogP contribution in [0.5, 0.6) is 0 Å². The molecule has 0 spiro atoms. The number of imide groups is 1. The lowest BCUT2D eigenvalue weighted by Gasteiger charge is -2.35. The van der Waals surface area contributed by atoms with E-state index in [4.69, 9.17) is 9.84 Å². The van der Waals surface area contributed by atoms with Crippen molar-refractivity contribution in [3.63, 3.8) is 0 Å². The van der Waals surface area contributed by atoms with Crippen molar-refractivity contribution in [2.45, 2.75) is 6.04 Å². The van der Waals surface area contributed by atoms with E-state index in [0.29, 0.717) is 13.1 Å². The highest BCUT2D eigenvalue weighted by molar-refractivity contribution is 6.04. The van der Waals surface area contributed by atoms with Gasteiger partial charge in [-0.15, -0.1) is 0 Å². The molecule has 4 amide bonds. The average Bonchev–Trinajstić information content (AvgIpc) is 2.64. The Balaban J connectivity index is 2.06. The topological polar surface area (TPSA) is 90.4 Å². The standard InChI is InChI=1S/C11H17N3O5/c1-19-7-9(16)12-2-3-13-8(6-12)10(17)14(4-5-15)11(13)18/h8,15H,2-7H2,1H3. The Labute approximate surface area is 110 Å². The molecule has 1 N–H and O–H groups in total. The molecule has 0 radical (unpaired) electrons. The fraction of sp³-hybridized carbons (Fsp3) is 0.727. The van der Waals surface area contributed by atoms with E-state index in [1.54, 1.807) is 0 Å². The predicted octanol–water partition coefficient (Wildman–Crippen LogP) is -1.90. The summed E-state index contributed by atoms with van der Waals surface area (Å²) in [6, 6.07) is -1.02. The van der Waals surface area contributed by atoms with Crippen LogP contribution in [-0.4, -0.2) is 90.2 Å². The van der Waals surface area contributed by atoms with Crippen molar-refractivity contribution in [3.8, 4) is 0 Å². The zero-order valence-corrected chi connectivity index (χ0v) is 10.7. The number of β-amino-alcohol motifs (C(OH)–C–C–N with tert-alkyl or cyclic N) is 1. The number of nitrogens with zero attached hydrogens (tertiary/aromatic N) is 3. The number of amides is 4. The predicted molar refractivity (Wildman–Crippen MR) is 63.1 cm³/mol. The molecular weight excluding hydrogens is 254 g/mol. The highest BCUT2D eigenvalue weighted by Gasteiger charge is 2.47. The van der Waals surface area contributed by atoms with Gasteiger partial charge in [0.1, 0.15) is 12.6 Å². The Morgan fingerprint density at radius 3 is 2.79 bits per heavy atom. The third-order valence-electron chi connectivity index (χ3n) is 3.35. The maximum absolute atomic E-state index is 12.0. The maximum atomic E-state index is 12.0. The molecule has 19 heavy (non-hydrogen) atoms. The molecule has 2 rings (SSSR count). The van der Waals surface area contributed by atoms with E-state index >= 15 is 0 Å². The van der Waals surface area contributed by atoms with Crippen LogP contribution in [0.2, 0.25) is 0 Å². The molecule has 106 valence electrons. The first-order valence-electron chi connectivity index (χ1n) is 6.09. The lowest BCUT2D eigenvalue weighted by atomic mass is 10.2. The quantitative estimate of drug-likeness (QED) is 0.603. The number of urea groups is 1. The first-order chi connectivity index (χ1) is 9.10. The van der Waals surface area contributed by atoms with Crippen LogP contribution in [0.15, 0.2) is 0 Å². The second kappa shape index (κ2) is 5.54. The fourth-order valence-corrected chi connectivity index (χ4v) is 2.40. The number of piperazine rings is 1. The lowest BCUT2D eigenvalue weighted by Crippen LogP contribution is -2.55. The molecule has 8 heteroatoms. The lowest BCUT2D eigenvalue weighted by molar-refractivity contribution is -0.139. The van der Waals surface area contributed by atoms with E-state index in [2.05, 4.69) is 0 Å². The van der Waals surface area contributed by atoms with Crippen molar-refractivity contribution in [2.75, 3.05) is 46.5 Å². The summed E-state index contributed by atoms with van der Waals surface area (Å²) in [6.07, 6.45) is 0. The second-order valence-electron chi connectivity index (χ2n) is 4.48. The normalized spacial score (nSPS) is 23.1. The molecule has 2 aliphatic heterocycles. The SMILES string of the molecule is COCC(=O)N1CCN2C(=O)N(CCO)C(=O)C2C1. The highest BCUT2D eigenvalue weighted by atomic mass is 16.5. The van der Waals surface area contributed by atoms with E-state index in [9.17, 15) is 14.4 Å². The van der Waals surface area contributed by atoms with Gasteiger partial charge in [-0.3, -0.25) is 14.5 Å². The maximum Gasteiger partial charge on any atom is 0.327 e. The van der Waals surface area contributed by atoms with E-state index in [0.717, 1.165) is 4.90 Å². The van der Waals surface area contributed by atoms with Crippen molar-refractivity contribution >= 4 is 17.8 Å². The van der Waals surface area contributed by atoms with Crippen molar-refractivity contribution < 1.29 is 24.2 Å². The number of fused-ring (bicyclic) bond motifs is 1. The Morgan fingerprint density at radius 1 is 1.42 bits per heavy atom. The van der Waals surface area contributed by atoms with Crippen molar-refractivity contribution in [1.29, 1.82) is 0 Å². The van der Waals surface area contributed by atoms with Gasteiger partial charge in [-0.05, 0) is 0 Å². The van der Waals surface area contributed by atoms with Crippen LogP contribution >= 0.6 is 0 Å². The summed E-state index contributed by atoms with van der Waals surface area (Å²) in [5.74, 6) is -0.544. The molecule has 8 nitrogen and oxygen atoms in total. The van der Waals surface area contributed by atoms with Crippen LogP contribution in [-0.2, 0) is 14.3 Å². The van der Waals surface area contributed by atoms with Gasteiger partial charge in [-0.1, -0.05) is 0 Å². The number of carbonyl (C=O) groups is 3. The molecule has 0 saturated carbocycles. The van der Waals surface area contributed by atoms with Gasteiger partial charge in [-0.2, -0.15) is 0 Å². The van der Waals surface area contributed by atoms with E-state index in [-0.39, 0.29) is 44.1 Å². The minimum Gasteiger partial charge on any atom is -0.395 e. The van der Waals surface area contributed by atoms with Crippen LogP contribution in [0.25, 0.3) is 0 Å². The van der Waals surface area contributed by atoms with Crippen LogP contribution in [0.3, 0.4) is 0 Å². The molecular formula is C11H17N3O5. The van der Waals surface area contributed by atoms with Gasteiger partial charge in [0.25, 0.3) is 5.91 Å². The molecule has 0 aliphatic carbocycles. The zero-order chi connectivity index (χ0) is 14.0. The number of hydrogen-bond donors (Lipinski definition) is 1. The van der Waals surface area contributed by atoms with Crippen LogP contribution < -0.4 is 0 Å². The largest absolute Gasteiger partial charge is 0.395 e. The zero-order valence-electron chi connectivity index (χ0n) is 10.7. The molecule has 1 unspecified atom stereocenters. The molecule has 0 aromatic carbocycles. The van der Waals surface area contributed by atoms with Gasteiger partial charge in [0, 0.05) is 20.2 Å². The number of aliphatic hydroxyl groups excluding tert-OH is 1. The number of hydrogen-bond acceptors (Lipinski definition) is 5. The molecule has 0 bridgehead atoms. The van der Waals surface area contributed by atoms with Gasteiger partial charge in [0.15, 0.2) is 0 Å². The van der Waals surface area contributed by atoms with Crippen LogP contribution in [0.4, 0.5) is 4.79 Å². The van der Waals surface area contributed by atoms with Crippen LogP contribution in [0.1, 0.15) is 0 Å². The van der Waals surface area contributed by atoms with E-state index in [1.807, 2.05) is 0 Å². The van der Waals surface area contributed by atoms with E-state index < -0.39 is 6.04 Å². The molecule has 2 fully saturated rings. The van der Waals surface area contributed by atoms with Gasteiger partial charge >= 0.3 is 6.03 Å². The monoisotopic (exact) mass is 271 g/mol. The molecule has 2 heterocycles. The molecule has 1 atom stereocenters. The first-order valence-corrected chi connectivity index (χ1v) is 6.09. The minimum absolute atomic E-state index is 0.00329. The molecule has 2 aliphatic rings. The summed E-state index contributed by atoms with van der Waals surface area (Å²) in [5.41, 5.74) is 0. The summed E-state index contributed by atoms with van der Waals surface area (Å²) in [5, 5.41) is 8.86. The number of rotatable bonds is 4. The summed E-state index contributed by atoms with van der Waals surface area (Å²) in [7, 11) is 1.43.